The van der Waals surface area contributed by atoms with Crippen molar-refractivity contribution < 1.29 is 4.21 Å². The number of nitrogens with one attached hydrogen (secondary N) is 1. The smallest absolute Gasteiger partial charge is 0.168 e. The number of hydrogen-bond acceptors (Lipinski definition) is 3. The first-order valence-corrected chi connectivity index (χ1v) is 6.13. The first-order chi connectivity index (χ1) is 7.56. The molecule has 0 saturated carbocycles. The average molecular weight is 239 g/mol. The van der Waals surface area contributed by atoms with Crippen LogP contribution in [0.25, 0.3) is 0 Å². The summed E-state index contributed by atoms with van der Waals surface area (Å²) in [5, 5.41) is 2.92. The van der Waals surface area contributed by atoms with Gasteiger partial charge in [-0.05, 0) is 26.0 Å². The molecular formula is C11H17N3OS. The average Bonchev–Trinajstić information content (AvgIpc) is 2.28. The van der Waals surface area contributed by atoms with Crippen LogP contribution in [0.4, 0.5) is 0 Å². The second-order valence-corrected chi connectivity index (χ2v) is 4.73. The number of benzene rings is 1. The van der Waals surface area contributed by atoms with Gasteiger partial charge in [0.2, 0.25) is 0 Å². The van der Waals surface area contributed by atoms with Gasteiger partial charge in [0, 0.05) is 6.54 Å². The highest BCUT2D eigenvalue weighted by atomic mass is 32.2. The summed E-state index contributed by atoms with van der Waals surface area (Å²) in [6.07, 6.45) is 0. The Morgan fingerprint density at radius 1 is 1.50 bits per heavy atom. The van der Waals surface area contributed by atoms with Crippen LogP contribution in [0.5, 0.6) is 0 Å². The van der Waals surface area contributed by atoms with E-state index in [0.29, 0.717) is 17.3 Å². The van der Waals surface area contributed by atoms with Gasteiger partial charge in [-0.15, -0.1) is 0 Å². The fraction of sp³-hybridized carbons (Fsp3) is 0.273. The number of hydrogen-bond donors (Lipinski definition) is 2. The number of nitrogens with zero attached hydrogens (tertiary/aromatic N) is 1. The molecule has 1 unspecified atom stereocenters. The molecule has 88 valence electrons. The van der Waals surface area contributed by atoms with Crippen molar-refractivity contribution in [2.75, 3.05) is 6.54 Å². The van der Waals surface area contributed by atoms with Crippen LogP contribution < -0.4 is 11.2 Å². The minimum Gasteiger partial charge on any atom is -0.371 e. The van der Waals surface area contributed by atoms with Crippen LogP contribution in [-0.2, 0) is 11.0 Å². The predicted octanol–water partition coefficient (Wildman–Crippen LogP) is 1.27. The lowest BCUT2D eigenvalue weighted by Gasteiger charge is -2.20. The van der Waals surface area contributed by atoms with Gasteiger partial charge >= 0.3 is 0 Å². The maximum absolute atomic E-state index is 12.0. The van der Waals surface area contributed by atoms with Crippen molar-refractivity contribution in [2.45, 2.75) is 18.7 Å². The van der Waals surface area contributed by atoms with Crippen molar-refractivity contribution in [3.63, 3.8) is 0 Å². The normalized spacial score (nSPS) is 11.9. The van der Waals surface area contributed by atoms with Crippen molar-refractivity contribution in [3.8, 4) is 0 Å². The lowest BCUT2D eigenvalue weighted by Crippen LogP contribution is -2.37. The van der Waals surface area contributed by atoms with E-state index >= 15 is 0 Å². The van der Waals surface area contributed by atoms with Crippen LogP contribution >= 0.6 is 0 Å². The maximum atomic E-state index is 12.0. The number of aryl methyl sites for hydroxylation is 1. The van der Waals surface area contributed by atoms with E-state index in [4.69, 9.17) is 5.84 Å². The summed E-state index contributed by atoms with van der Waals surface area (Å²) < 4.78 is 13.1. The zero-order valence-electron chi connectivity index (χ0n) is 9.56. The summed E-state index contributed by atoms with van der Waals surface area (Å²) in [6.45, 7) is 8.30. The molecule has 1 atom stereocenters. The van der Waals surface area contributed by atoms with Gasteiger partial charge < -0.3 is 5.32 Å². The second kappa shape index (κ2) is 5.67. The van der Waals surface area contributed by atoms with Gasteiger partial charge in [-0.3, -0.25) is 0 Å². The Hall–Kier alpha value is -1.33. The fourth-order valence-corrected chi connectivity index (χ4v) is 2.01. The van der Waals surface area contributed by atoms with Crippen molar-refractivity contribution in [1.29, 1.82) is 0 Å². The number of hydrazine groups is 1. The molecule has 0 aliphatic carbocycles. The van der Waals surface area contributed by atoms with Crippen molar-refractivity contribution >= 4 is 11.0 Å². The lowest BCUT2D eigenvalue weighted by molar-refractivity contribution is 0.514. The van der Waals surface area contributed by atoms with Crippen LogP contribution in [0.2, 0.25) is 0 Å². The van der Waals surface area contributed by atoms with Crippen LogP contribution in [0.15, 0.2) is 41.6 Å². The summed E-state index contributed by atoms with van der Waals surface area (Å²) in [5.41, 5.74) is 1.12. The fourth-order valence-electron chi connectivity index (χ4n) is 1.15. The van der Waals surface area contributed by atoms with Crippen molar-refractivity contribution in [1.82, 2.24) is 9.73 Å². The molecule has 0 aliphatic rings. The largest absolute Gasteiger partial charge is 0.371 e. The molecule has 0 radical (unpaired) electrons. The zero-order valence-corrected chi connectivity index (χ0v) is 10.4. The molecule has 0 amide bonds. The highest BCUT2D eigenvalue weighted by molar-refractivity contribution is 7.82. The summed E-state index contributed by atoms with van der Waals surface area (Å²) in [4.78, 5) is 0.659. The molecule has 16 heavy (non-hydrogen) atoms. The minimum absolute atomic E-state index is 0.446. The quantitative estimate of drug-likeness (QED) is 0.601. The third-order valence-electron chi connectivity index (χ3n) is 2.05. The third-order valence-corrected chi connectivity index (χ3v) is 3.30. The molecule has 1 rings (SSSR count). The van der Waals surface area contributed by atoms with Crippen molar-refractivity contribution in [2.24, 2.45) is 5.84 Å². The topological polar surface area (TPSA) is 58.4 Å². The van der Waals surface area contributed by atoms with Crippen LogP contribution in [0.3, 0.4) is 0 Å². The van der Waals surface area contributed by atoms with Gasteiger partial charge in [-0.2, -0.15) is 0 Å². The van der Waals surface area contributed by atoms with Gasteiger partial charge in [-0.25, -0.2) is 14.5 Å². The van der Waals surface area contributed by atoms with Gasteiger partial charge in [0.15, 0.2) is 11.0 Å². The molecule has 3 N–H and O–H groups in total. The molecule has 0 heterocycles. The Morgan fingerprint density at radius 2 is 2.06 bits per heavy atom. The number of nitrogens with two attached hydrogens (primary N) is 1. The van der Waals surface area contributed by atoms with E-state index in [1.54, 1.807) is 12.1 Å². The van der Waals surface area contributed by atoms with Gasteiger partial charge in [0.1, 0.15) is 5.82 Å². The molecule has 5 heteroatoms. The Morgan fingerprint density at radius 3 is 2.56 bits per heavy atom. The van der Waals surface area contributed by atoms with E-state index in [2.05, 4.69) is 11.9 Å². The monoisotopic (exact) mass is 239 g/mol. The molecule has 1 aromatic rings. The van der Waals surface area contributed by atoms with Gasteiger partial charge in [0.25, 0.3) is 0 Å². The summed E-state index contributed by atoms with van der Waals surface area (Å²) in [5.74, 6) is 6.13. The van der Waals surface area contributed by atoms with E-state index in [1.807, 2.05) is 26.0 Å². The minimum atomic E-state index is -1.42. The SMILES string of the molecule is C=C(NCC)N(N)S(=O)c1ccc(C)cc1. The summed E-state index contributed by atoms with van der Waals surface area (Å²) in [6, 6.07) is 7.39. The molecule has 0 aliphatic heterocycles. The van der Waals surface area contributed by atoms with Crippen molar-refractivity contribution in [3.05, 3.63) is 42.2 Å². The van der Waals surface area contributed by atoms with Gasteiger partial charge in [-0.1, -0.05) is 24.3 Å². The lowest BCUT2D eigenvalue weighted by atomic mass is 10.2. The number of rotatable bonds is 5. The van der Waals surface area contributed by atoms with Crippen LogP contribution in [0.1, 0.15) is 12.5 Å². The second-order valence-electron chi connectivity index (χ2n) is 3.37. The van der Waals surface area contributed by atoms with E-state index in [0.717, 1.165) is 9.98 Å². The standard InChI is InChI=1S/C11H17N3OS/c1-4-13-10(3)14(12)16(15)11-7-5-9(2)6-8-11/h5-8,13H,3-4,12H2,1-2H3. The molecular weight excluding hydrogens is 222 g/mol. The summed E-state index contributed by atoms with van der Waals surface area (Å²) >= 11 is 0. The maximum Gasteiger partial charge on any atom is 0.168 e. The first kappa shape index (κ1) is 12.7. The molecule has 0 saturated heterocycles. The van der Waals surface area contributed by atoms with E-state index in [9.17, 15) is 4.21 Å². The third kappa shape index (κ3) is 3.08. The van der Waals surface area contributed by atoms with Gasteiger partial charge in [0.05, 0.1) is 4.90 Å². The summed E-state index contributed by atoms with van der Waals surface area (Å²) in [7, 11) is -1.42. The molecule has 0 fully saturated rings. The highest BCUT2D eigenvalue weighted by Crippen LogP contribution is 2.11. The Balaban J connectivity index is 2.78. The van der Waals surface area contributed by atoms with E-state index < -0.39 is 11.0 Å². The highest BCUT2D eigenvalue weighted by Gasteiger charge is 2.12. The first-order valence-electron chi connectivity index (χ1n) is 5.02. The molecule has 0 bridgehead atoms. The molecule has 0 aromatic heterocycles. The Kier molecular flexibility index (Phi) is 4.52. The predicted molar refractivity (Wildman–Crippen MR) is 66.4 cm³/mol. The van der Waals surface area contributed by atoms with E-state index in [-0.39, 0.29) is 0 Å². The Bertz CT molecular complexity index is 389. The molecule has 1 aromatic carbocycles. The molecule has 4 nitrogen and oxygen atoms in total. The van der Waals surface area contributed by atoms with Crippen LogP contribution in [-0.4, -0.2) is 15.2 Å². The Labute approximate surface area is 98.7 Å². The van der Waals surface area contributed by atoms with Crippen LogP contribution in [0, 0.1) is 6.92 Å². The van der Waals surface area contributed by atoms with E-state index in [1.165, 1.54) is 0 Å². The zero-order chi connectivity index (χ0) is 12.1. The molecule has 0 spiro atoms.